The van der Waals surface area contributed by atoms with E-state index >= 15 is 0 Å². The number of unbranched alkanes of at least 4 members (excludes halogenated alkanes) is 17. The number of benzene rings is 1. The van der Waals surface area contributed by atoms with Gasteiger partial charge >= 0.3 is 0 Å². The predicted molar refractivity (Wildman–Crippen MR) is 132 cm³/mol. The van der Waals surface area contributed by atoms with Crippen molar-refractivity contribution in [2.75, 3.05) is 0 Å². The molecule has 4 heteroatoms. The Morgan fingerprint density at radius 2 is 0.900 bits per heavy atom. The highest BCUT2D eigenvalue weighted by Crippen LogP contribution is 2.17. The van der Waals surface area contributed by atoms with Gasteiger partial charge in [-0.25, -0.2) is 8.42 Å². The van der Waals surface area contributed by atoms with Crippen LogP contribution in [-0.4, -0.2) is 8.42 Å². The molecule has 30 heavy (non-hydrogen) atoms. The zero-order valence-corrected chi connectivity index (χ0v) is 20.9. The molecule has 0 saturated heterocycles. The van der Waals surface area contributed by atoms with Crippen molar-refractivity contribution in [1.82, 2.24) is 0 Å². The molecule has 2 nitrogen and oxygen atoms in total. The Morgan fingerprint density at radius 1 is 0.567 bits per heavy atom. The molecule has 0 N–H and O–H groups in total. The summed E-state index contributed by atoms with van der Waals surface area (Å²) in [7, 11) is 1.74. The molecule has 0 radical (unpaired) electrons. The summed E-state index contributed by atoms with van der Waals surface area (Å²) < 4.78 is 22.5. The van der Waals surface area contributed by atoms with Gasteiger partial charge in [-0.15, -0.1) is 0 Å². The van der Waals surface area contributed by atoms with Crippen molar-refractivity contribution in [2.24, 2.45) is 0 Å². The lowest BCUT2D eigenvalue weighted by Crippen LogP contribution is -1.92. The van der Waals surface area contributed by atoms with Crippen molar-refractivity contribution >= 4 is 19.7 Å². The van der Waals surface area contributed by atoms with Gasteiger partial charge in [0.2, 0.25) is 0 Å². The van der Waals surface area contributed by atoms with Gasteiger partial charge in [-0.3, -0.25) is 0 Å². The molecule has 0 aliphatic rings. The lowest BCUT2D eigenvalue weighted by Gasteiger charge is -2.04. The van der Waals surface area contributed by atoms with Crippen LogP contribution in [0.4, 0.5) is 0 Å². The summed E-state index contributed by atoms with van der Waals surface area (Å²) in [4.78, 5) is 0.186. The molecule has 0 fully saturated rings. The number of halogens is 1. The van der Waals surface area contributed by atoms with E-state index in [2.05, 4.69) is 6.92 Å². The second kappa shape index (κ2) is 18.1. The molecule has 0 unspecified atom stereocenters. The molecule has 0 heterocycles. The third-order valence-electron chi connectivity index (χ3n) is 6.02. The average molecular weight is 457 g/mol. The minimum atomic E-state index is -3.60. The lowest BCUT2D eigenvalue weighted by atomic mass is 10.0. The van der Waals surface area contributed by atoms with Gasteiger partial charge in [0.1, 0.15) is 0 Å². The van der Waals surface area contributed by atoms with Crippen LogP contribution in [0.3, 0.4) is 0 Å². The molecule has 0 aliphatic carbocycles. The van der Waals surface area contributed by atoms with Crippen molar-refractivity contribution in [3.05, 3.63) is 29.8 Å². The Labute approximate surface area is 191 Å². The highest BCUT2D eigenvalue weighted by atomic mass is 35.7. The highest BCUT2D eigenvalue weighted by molar-refractivity contribution is 8.13. The molecular formula is C26H45ClO2S. The van der Waals surface area contributed by atoms with Crippen LogP contribution in [0, 0.1) is 0 Å². The van der Waals surface area contributed by atoms with Crippen LogP contribution in [-0.2, 0) is 15.5 Å². The van der Waals surface area contributed by atoms with Gasteiger partial charge < -0.3 is 0 Å². The van der Waals surface area contributed by atoms with Crippen molar-refractivity contribution in [1.29, 1.82) is 0 Å². The van der Waals surface area contributed by atoms with E-state index in [4.69, 9.17) is 10.7 Å². The first-order chi connectivity index (χ1) is 14.5. The Balaban J connectivity index is 1.82. The summed E-state index contributed by atoms with van der Waals surface area (Å²) in [6.45, 7) is 2.28. The number of aryl methyl sites for hydroxylation is 1. The first-order valence-corrected chi connectivity index (χ1v) is 14.9. The van der Waals surface area contributed by atoms with E-state index in [1.54, 1.807) is 12.1 Å². The fraction of sp³-hybridized carbons (Fsp3) is 0.769. The van der Waals surface area contributed by atoms with E-state index in [1.165, 1.54) is 121 Å². The van der Waals surface area contributed by atoms with E-state index in [-0.39, 0.29) is 4.90 Å². The zero-order valence-electron chi connectivity index (χ0n) is 19.3. The second-order valence-electron chi connectivity index (χ2n) is 8.84. The molecule has 0 aliphatic heterocycles. The van der Waals surface area contributed by atoms with Crippen LogP contribution in [0.2, 0.25) is 0 Å². The van der Waals surface area contributed by atoms with Crippen molar-refractivity contribution in [3.63, 3.8) is 0 Å². The minimum Gasteiger partial charge on any atom is -0.207 e. The fourth-order valence-corrected chi connectivity index (χ4v) is 4.82. The summed E-state index contributed by atoms with van der Waals surface area (Å²) in [6, 6.07) is 6.96. The van der Waals surface area contributed by atoms with E-state index in [1.807, 2.05) is 12.1 Å². The number of hydrogen-bond acceptors (Lipinski definition) is 2. The first kappa shape index (κ1) is 27.5. The summed E-state index contributed by atoms with van der Waals surface area (Å²) in [5, 5.41) is 0. The zero-order chi connectivity index (χ0) is 21.9. The van der Waals surface area contributed by atoms with Crippen LogP contribution in [0.1, 0.15) is 128 Å². The van der Waals surface area contributed by atoms with Crippen molar-refractivity contribution < 1.29 is 8.42 Å². The van der Waals surface area contributed by atoms with Gasteiger partial charge in [0.05, 0.1) is 4.90 Å². The van der Waals surface area contributed by atoms with E-state index in [0.717, 1.165) is 6.42 Å². The molecule has 0 saturated carbocycles. The standard InChI is InChI=1S/C26H45ClO2S/c1-2-3-4-5-6-7-8-9-10-11-12-13-14-15-16-17-18-19-20-25-21-23-26(24-22-25)30(27,28)29/h21-24H,2-20H2,1H3. The maximum Gasteiger partial charge on any atom is 0.261 e. The number of rotatable bonds is 20. The Bertz CT molecular complexity index is 610. The first-order valence-electron chi connectivity index (χ1n) is 12.6. The molecule has 0 bridgehead atoms. The molecule has 1 rings (SSSR count). The molecule has 174 valence electrons. The quantitative estimate of drug-likeness (QED) is 0.145. The van der Waals surface area contributed by atoms with Gasteiger partial charge in [0.15, 0.2) is 0 Å². The molecular weight excluding hydrogens is 412 g/mol. The normalized spacial score (nSPS) is 11.8. The SMILES string of the molecule is CCCCCCCCCCCCCCCCCCCCc1ccc(S(=O)(=O)Cl)cc1. The topological polar surface area (TPSA) is 34.1 Å². The fourth-order valence-electron chi connectivity index (χ4n) is 4.05. The van der Waals surface area contributed by atoms with Crippen molar-refractivity contribution in [3.8, 4) is 0 Å². The van der Waals surface area contributed by atoms with Gasteiger partial charge in [-0.1, -0.05) is 128 Å². The van der Waals surface area contributed by atoms with Gasteiger partial charge in [0.25, 0.3) is 9.05 Å². The smallest absolute Gasteiger partial charge is 0.207 e. The summed E-state index contributed by atoms with van der Waals surface area (Å²) in [5.41, 5.74) is 1.19. The van der Waals surface area contributed by atoms with Crippen LogP contribution in [0.15, 0.2) is 29.2 Å². The van der Waals surface area contributed by atoms with Crippen LogP contribution in [0.25, 0.3) is 0 Å². The molecule has 0 spiro atoms. The molecule has 1 aromatic carbocycles. The summed E-state index contributed by atoms with van der Waals surface area (Å²) in [5.74, 6) is 0. The number of hydrogen-bond donors (Lipinski definition) is 0. The lowest BCUT2D eigenvalue weighted by molar-refractivity contribution is 0.525. The van der Waals surface area contributed by atoms with Crippen molar-refractivity contribution in [2.45, 2.75) is 134 Å². The molecule has 1 aromatic rings. The third kappa shape index (κ3) is 15.3. The highest BCUT2D eigenvalue weighted by Gasteiger charge is 2.08. The van der Waals surface area contributed by atoms with Gasteiger partial charge in [0, 0.05) is 10.7 Å². The van der Waals surface area contributed by atoms with Gasteiger partial charge in [-0.05, 0) is 30.5 Å². The van der Waals surface area contributed by atoms with E-state index in [0.29, 0.717) is 0 Å². The monoisotopic (exact) mass is 456 g/mol. The molecule has 0 atom stereocenters. The molecule has 0 aromatic heterocycles. The Hall–Kier alpha value is -0.540. The van der Waals surface area contributed by atoms with Crippen LogP contribution >= 0.6 is 10.7 Å². The largest absolute Gasteiger partial charge is 0.261 e. The van der Waals surface area contributed by atoms with E-state index in [9.17, 15) is 8.42 Å². The Morgan fingerprint density at radius 3 is 1.23 bits per heavy atom. The van der Waals surface area contributed by atoms with Crippen LogP contribution < -0.4 is 0 Å². The maximum atomic E-state index is 11.2. The maximum absolute atomic E-state index is 11.2. The van der Waals surface area contributed by atoms with Crippen LogP contribution in [0.5, 0.6) is 0 Å². The third-order valence-corrected chi connectivity index (χ3v) is 7.39. The summed E-state index contributed by atoms with van der Waals surface area (Å²) >= 11 is 0. The Kier molecular flexibility index (Phi) is 16.6. The second-order valence-corrected chi connectivity index (χ2v) is 11.4. The minimum absolute atomic E-state index is 0.186. The average Bonchev–Trinajstić information content (AvgIpc) is 2.72. The van der Waals surface area contributed by atoms with E-state index < -0.39 is 9.05 Å². The summed E-state index contributed by atoms with van der Waals surface area (Å²) in [6.07, 6.45) is 26.0. The predicted octanol–water partition coefficient (Wildman–Crippen LogP) is 9.20. The van der Waals surface area contributed by atoms with Gasteiger partial charge in [-0.2, -0.15) is 0 Å². The molecule has 0 amide bonds.